The van der Waals surface area contributed by atoms with Crippen LogP contribution >= 0.6 is 0 Å². The maximum absolute atomic E-state index is 13.0. The number of ether oxygens (including phenoxy) is 3. The Hall–Kier alpha value is -3.15. The number of piperidine rings is 1. The molecule has 1 amide bonds. The van der Waals surface area contributed by atoms with Crippen LogP contribution in [0.15, 0.2) is 42.5 Å². The maximum atomic E-state index is 13.0. The largest absolute Gasteiger partial charge is 0.497 e. The van der Waals surface area contributed by atoms with Crippen molar-refractivity contribution in [3.63, 3.8) is 0 Å². The summed E-state index contributed by atoms with van der Waals surface area (Å²) in [4.78, 5) is 18.5. The SMILES string of the molecule is COc1ccc2[nH]c(C3CCCN(C(=O)c4ccc5c(c4)OCO5)C3)cc2c1. The zero-order valence-electron chi connectivity index (χ0n) is 15.7. The van der Waals surface area contributed by atoms with Gasteiger partial charge in [-0.25, -0.2) is 0 Å². The lowest BCUT2D eigenvalue weighted by Crippen LogP contribution is -2.39. The molecule has 1 aromatic heterocycles. The zero-order valence-corrected chi connectivity index (χ0v) is 15.7. The number of fused-ring (bicyclic) bond motifs is 2. The monoisotopic (exact) mass is 378 g/mol. The molecule has 0 aliphatic carbocycles. The van der Waals surface area contributed by atoms with Gasteiger partial charge in [-0.1, -0.05) is 0 Å². The molecule has 0 bridgehead atoms. The van der Waals surface area contributed by atoms with Gasteiger partial charge in [0.05, 0.1) is 7.11 Å². The Balaban J connectivity index is 1.36. The van der Waals surface area contributed by atoms with E-state index in [1.165, 1.54) is 5.69 Å². The van der Waals surface area contributed by atoms with Gasteiger partial charge in [-0.15, -0.1) is 0 Å². The van der Waals surface area contributed by atoms with Gasteiger partial charge in [0.2, 0.25) is 6.79 Å². The first-order valence-corrected chi connectivity index (χ1v) is 9.57. The summed E-state index contributed by atoms with van der Waals surface area (Å²) in [5.41, 5.74) is 2.91. The Morgan fingerprint density at radius 2 is 2.04 bits per heavy atom. The van der Waals surface area contributed by atoms with Crippen LogP contribution < -0.4 is 14.2 Å². The van der Waals surface area contributed by atoms with Crippen LogP contribution in [-0.2, 0) is 0 Å². The number of hydrogen-bond donors (Lipinski definition) is 1. The number of rotatable bonds is 3. The lowest BCUT2D eigenvalue weighted by Gasteiger charge is -2.32. The van der Waals surface area contributed by atoms with Crippen molar-refractivity contribution >= 4 is 16.8 Å². The topological polar surface area (TPSA) is 63.8 Å². The highest BCUT2D eigenvalue weighted by Crippen LogP contribution is 2.34. The lowest BCUT2D eigenvalue weighted by molar-refractivity contribution is 0.0705. The summed E-state index contributed by atoms with van der Waals surface area (Å²) in [6, 6.07) is 13.6. The predicted molar refractivity (Wildman–Crippen MR) is 105 cm³/mol. The van der Waals surface area contributed by atoms with Gasteiger partial charge in [0.25, 0.3) is 5.91 Å². The lowest BCUT2D eigenvalue weighted by atomic mass is 9.94. The minimum atomic E-state index is 0.0424. The number of H-pyrrole nitrogens is 1. The molecule has 1 saturated heterocycles. The summed E-state index contributed by atoms with van der Waals surface area (Å²) >= 11 is 0. The number of likely N-dealkylation sites (tertiary alicyclic amines) is 1. The summed E-state index contributed by atoms with van der Waals surface area (Å²) in [5, 5.41) is 1.13. The molecule has 0 spiro atoms. The van der Waals surface area contributed by atoms with E-state index in [9.17, 15) is 4.79 Å². The highest BCUT2D eigenvalue weighted by Gasteiger charge is 2.27. The Kier molecular flexibility index (Phi) is 4.11. The second-order valence-electron chi connectivity index (χ2n) is 7.34. The molecule has 1 unspecified atom stereocenters. The molecule has 1 N–H and O–H groups in total. The highest BCUT2D eigenvalue weighted by atomic mass is 16.7. The molecule has 3 aromatic rings. The van der Waals surface area contributed by atoms with Crippen LogP contribution in [-0.4, -0.2) is 42.8 Å². The van der Waals surface area contributed by atoms with E-state index in [1.54, 1.807) is 13.2 Å². The molecule has 3 heterocycles. The number of aromatic amines is 1. The number of nitrogens with one attached hydrogen (secondary N) is 1. The van der Waals surface area contributed by atoms with Gasteiger partial charge >= 0.3 is 0 Å². The second-order valence-corrected chi connectivity index (χ2v) is 7.34. The van der Waals surface area contributed by atoms with Gasteiger partial charge in [0, 0.05) is 41.2 Å². The first kappa shape index (κ1) is 17.0. The van der Waals surface area contributed by atoms with Gasteiger partial charge in [-0.2, -0.15) is 0 Å². The molecular weight excluding hydrogens is 356 g/mol. The standard InChI is InChI=1S/C22H22N2O4/c1-26-17-5-6-18-16(9-17)10-19(23-18)15-3-2-8-24(12-15)22(25)14-4-7-20-21(11-14)28-13-27-20/h4-7,9-11,15,23H,2-3,8,12-13H2,1H3. The van der Waals surface area contributed by atoms with Crippen molar-refractivity contribution in [2.24, 2.45) is 0 Å². The van der Waals surface area contributed by atoms with E-state index in [0.29, 0.717) is 29.5 Å². The van der Waals surface area contributed by atoms with E-state index in [2.05, 4.69) is 11.1 Å². The average Bonchev–Trinajstić information content (AvgIpc) is 3.38. The number of hydrogen-bond acceptors (Lipinski definition) is 4. The van der Waals surface area contributed by atoms with Crippen LogP contribution in [0.5, 0.6) is 17.2 Å². The van der Waals surface area contributed by atoms with Gasteiger partial charge in [-0.05, 0) is 55.3 Å². The molecule has 6 heteroatoms. The molecule has 2 aliphatic heterocycles. The van der Waals surface area contributed by atoms with E-state index in [0.717, 1.165) is 36.0 Å². The van der Waals surface area contributed by atoms with Crippen LogP contribution in [0, 0.1) is 0 Å². The predicted octanol–water partition coefficient (Wildman–Crippen LogP) is 3.93. The summed E-state index contributed by atoms with van der Waals surface area (Å²) in [7, 11) is 1.68. The summed E-state index contributed by atoms with van der Waals surface area (Å²) < 4.78 is 16.1. The molecule has 28 heavy (non-hydrogen) atoms. The van der Waals surface area contributed by atoms with Crippen LogP contribution in [0.4, 0.5) is 0 Å². The van der Waals surface area contributed by atoms with Crippen molar-refractivity contribution in [2.45, 2.75) is 18.8 Å². The molecular formula is C22H22N2O4. The molecule has 2 aliphatic rings. The fraction of sp³-hybridized carbons (Fsp3) is 0.318. The molecule has 0 radical (unpaired) electrons. The van der Waals surface area contributed by atoms with Crippen molar-refractivity contribution in [2.75, 3.05) is 27.0 Å². The molecule has 0 saturated carbocycles. The zero-order chi connectivity index (χ0) is 19.1. The van der Waals surface area contributed by atoms with E-state index in [4.69, 9.17) is 14.2 Å². The average molecular weight is 378 g/mol. The second kappa shape index (κ2) is 6.78. The fourth-order valence-electron chi connectivity index (χ4n) is 4.11. The molecule has 5 rings (SSSR count). The Bertz CT molecular complexity index is 1040. The molecule has 6 nitrogen and oxygen atoms in total. The smallest absolute Gasteiger partial charge is 0.254 e. The van der Waals surface area contributed by atoms with Crippen molar-refractivity contribution in [1.82, 2.24) is 9.88 Å². The number of methoxy groups -OCH3 is 1. The van der Waals surface area contributed by atoms with Crippen molar-refractivity contribution < 1.29 is 19.0 Å². The molecule has 1 atom stereocenters. The Labute approximate surface area is 163 Å². The number of nitrogens with zero attached hydrogens (tertiary/aromatic N) is 1. The van der Waals surface area contributed by atoms with Crippen LogP contribution in [0.2, 0.25) is 0 Å². The van der Waals surface area contributed by atoms with Gasteiger partial charge in [-0.3, -0.25) is 4.79 Å². The number of benzene rings is 2. The van der Waals surface area contributed by atoms with E-state index in [-0.39, 0.29) is 12.7 Å². The van der Waals surface area contributed by atoms with Crippen LogP contribution in [0.25, 0.3) is 10.9 Å². The van der Waals surface area contributed by atoms with Gasteiger partial charge in [0.1, 0.15) is 5.75 Å². The number of carbonyl (C=O) groups excluding carboxylic acids is 1. The third kappa shape index (κ3) is 2.95. The summed E-state index contributed by atoms with van der Waals surface area (Å²) in [5.74, 6) is 2.53. The van der Waals surface area contributed by atoms with Gasteiger partial charge in [0.15, 0.2) is 11.5 Å². The molecule has 144 valence electrons. The van der Waals surface area contributed by atoms with Crippen LogP contribution in [0.3, 0.4) is 0 Å². The third-order valence-corrected chi connectivity index (χ3v) is 5.62. The molecule has 2 aromatic carbocycles. The first-order valence-electron chi connectivity index (χ1n) is 9.57. The fourth-order valence-corrected chi connectivity index (χ4v) is 4.11. The van der Waals surface area contributed by atoms with E-state index >= 15 is 0 Å². The number of amides is 1. The third-order valence-electron chi connectivity index (χ3n) is 5.62. The normalized spacial score (nSPS) is 18.5. The summed E-state index contributed by atoms with van der Waals surface area (Å²) in [6.07, 6.45) is 2.05. The first-order chi connectivity index (χ1) is 13.7. The van der Waals surface area contributed by atoms with E-state index in [1.807, 2.05) is 35.2 Å². The van der Waals surface area contributed by atoms with Crippen molar-refractivity contribution in [1.29, 1.82) is 0 Å². The van der Waals surface area contributed by atoms with Gasteiger partial charge < -0.3 is 24.1 Å². The highest BCUT2D eigenvalue weighted by molar-refractivity contribution is 5.95. The van der Waals surface area contributed by atoms with E-state index < -0.39 is 0 Å². The number of aromatic nitrogens is 1. The molecule has 1 fully saturated rings. The Morgan fingerprint density at radius 3 is 2.93 bits per heavy atom. The quantitative estimate of drug-likeness (QED) is 0.750. The Morgan fingerprint density at radius 1 is 1.14 bits per heavy atom. The van der Waals surface area contributed by atoms with Crippen LogP contribution in [0.1, 0.15) is 34.8 Å². The number of carbonyl (C=O) groups is 1. The van der Waals surface area contributed by atoms with Crippen molar-refractivity contribution in [3.8, 4) is 17.2 Å². The minimum Gasteiger partial charge on any atom is -0.497 e. The van der Waals surface area contributed by atoms with Crippen molar-refractivity contribution in [3.05, 3.63) is 53.7 Å². The summed E-state index contributed by atoms with van der Waals surface area (Å²) in [6.45, 7) is 1.69. The maximum Gasteiger partial charge on any atom is 0.254 e. The minimum absolute atomic E-state index is 0.0424.